The van der Waals surface area contributed by atoms with E-state index in [4.69, 9.17) is 4.74 Å². The normalized spacial score (nSPS) is 16.0. The van der Waals surface area contributed by atoms with Crippen molar-refractivity contribution in [1.82, 2.24) is 9.88 Å². The van der Waals surface area contributed by atoms with Crippen molar-refractivity contribution in [3.05, 3.63) is 74.6 Å². The standard InChI is InChI=1S/C22H23N3O4/c1-2-29-22(26)24-11-9-16(10-12-24)20-19-6-4-3-5-15(19)7-8-17-13-18(25(27)28)14-23-21(17)20/h3-6,13-14H,2,7-12H2,1H3. The molecule has 150 valence electrons. The van der Waals surface area contributed by atoms with Crippen LogP contribution in [-0.4, -0.2) is 40.6 Å². The molecule has 1 amide bonds. The molecule has 1 aliphatic heterocycles. The number of benzene rings is 1. The molecule has 0 atom stereocenters. The highest BCUT2D eigenvalue weighted by atomic mass is 16.6. The average Bonchev–Trinajstić information content (AvgIpc) is 2.90. The first-order valence-corrected chi connectivity index (χ1v) is 9.94. The molecule has 1 saturated heterocycles. The number of likely N-dealkylation sites (tertiary alicyclic amines) is 1. The van der Waals surface area contributed by atoms with Crippen molar-refractivity contribution < 1.29 is 14.5 Å². The number of piperidine rings is 1. The summed E-state index contributed by atoms with van der Waals surface area (Å²) in [5.74, 6) is 0. The van der Waals surface area contributed by atoms with Crippen LogP contribution in [0.5, 0.6) is 0 Å². The van der Waals surface area contributed by atoms with E-state index in [9.17, 15) is 14.9 Å². The molecule has 2 heterocycles. The number of nitrogens with zero attached hydrogens (tertiary/aromatic N) is 3. The van der Waals surface area contributed by atoms with Gasteiger partial charge in [0.25, 0.3) is 5.69 Å². The number of aromatic nitrogens is 1. The second-order valence-corrected chi connectivity index (χ2v) is 7.28. The minimum absolute atomic E-state index is 0.0242. The number of hydrogen-bond donors (Lipinski definition) is 0. The van der Waals surface area contributed by atoms with Crippen molar-refractivity contribution in [1.29, 1.82) is 0 Å². The van der Waals surface area contributed by atoms with Crippen molar-refractivity contribution in [3.8, 4) is 0 Å². The molecule has 0 radical (unpaired) electrons. The third-order valence-electron chi connectivity index (χ3n) is 5.60. The van der Waals surface area contributed by atoms with Crippen molar-refractivity contribution in [3.63, 3.8) is 0 Å². The number of fused-ring (bicyclic) bond motifs is 2. The van der Waals surface area contributed by atoms with Crippen LogP contribution in [0.3, 0.4) is 0 Å². The predicted octanol–water partition coefficient (Wildman–Crippen LogP) is 4.14. The molecular weight excluding hydrogens is 370 g/mol. The van der Waals surface area contributed by atoms with Crippen LogP contribution >= 0.6 is 0 Å². The Hall–Kier alpha value is -3.22. The molecule has 29 heavy (non-hydrogen) atoms. The van der Waals surface area contributed by atoms with Gasteiger partial charge in [0.2, 0.25) is 0 Å². The van der Waals surface area contributed by atoms with E-state index in [1.165, 1.54) is 17.3 Å². The van der Waals surface area contributed by atoms with E-state index in [-0.39, 0.29) is 11.8 Å². The molecule has 1 aromatic heterocycles. The van der Waals surface area contributed by atoms with E-state index in [1.54, 1.807) is 17.9 Å². The number of carbonyl (C=O) groups is 1. The summed E-state index contributed by atoms with van der Waals surface area (Å²) in [4.78, 5) is 29.2. The maximum Gasteiger partial charge on any atom is 0.409 e. The lowest BCUT2D eigenvalue weighted by Gasteiger charge is -2.29. The Kier molecular flexibility index (Phi) is 5.29. The van der Waals surface area contributed by atoms with E-state index >= 15 is 0 Å². The third kappa shape index (κ3) is 3.72. The predicted molar refractivity (Wildman–Crippen MR) is 109 cm³/mol. The van der Waals surface area contributed by atoms with Crippen molar-refractivity contribution in [2.75, 3.05) is 19.7 Å². The minimum atomic E-state index is -0.393. The number of nitro groups is 1. The summed E-state index contributed by atoms with van der Waals surface area (Å²) in [7, 11) is 0. The van der Waals surface area contributed by atoms with Gasteiger partial charge >= 0.3 is 6.09 Å². The number of pyridine rings is 1. The highest BCUT2D eigenvalue weighted by Crippen LogP contribution is 2.38. The molecule has 2 aromatic rings. The van der Waals surface area contributed by atoms with Gasteiger partial charge in [-0.15, -0.1) is 0 Å². The summed E-state index contributed by atoms with van der Waals surface area (Å²) in [5, 5.41) is 11.2. The molecule has 1 aromatic carbocycles. The summed E-state index contributed by atoms with van der Waals surface area (Å²) in [5.41, 5.74) is 6.45. The molecule has 7 nitrogen and oxygen atoms in total. The van der Waals surface area contributed by atoms with E-state index in [0.717, 1.165) is 41.7 Å². The SMILES string of the molecule is CCOC(=O)N1CCC(=C2c3ccccc3CCc3cc([N+](=O)[O-])cnc32)CC1. The van der Waals surface area contributed by atoms with E-state index in [2.05, 4.69) is 17.1 Å². The van der Waals surface area contributed by atoms with Gasteiger partial charge in [0.15, 0.2) is 0 Å². The second-order valence-electron chi connectivity index (χ2n) is 7.28. The van der Waals surface area contributed by atoms with E-state index in [1.807, 2.05) is 12.1 Å². The van der Waals surface area contributed by atoms with Crippen LogP contribution in [0.15, 0.2) is 42.1 Å². The van der Waals surface area contributed by atoms with Gasteiger partial charge in [-0.2, -0.15) is 0 Å². The number of amides is 1. The van der Waals surface area contributed by atoms with Crippen LogP contribution in [0.1, 0.15) is 42.1 Å². The molecule has 4 rings (SSSR count). The zero-order chi connectivity index (χ0) is 20.4. The van der Waals surface area contributed by atoms with Crippen LogP contribution in [0.25, 0.3) is 5.57 Å². The van der Waals surface area contributed by atoms with Gasteiger partial charge in [-0.05, 0) is 49.3 Å². The number of carbonyl (C=O) groups excluding carboxylic acids is 1. The maximum atomic E-state index is 12.0. The molecule has 7 heteroatoms. The lowest BCUT2D eigenvalue weighted by atomic mass is 9.88. The molecule has 1 fully saturated rings. The highest BCUT2D eigenvalue weighted by molar-refractivity contribution is 5.85. The van der Waals surface area contributed by atoms with E-state index < -0.39 is 4.92 Å². The van der Waals surface area contributed by atoms with Crippen molar-refractivity contribution >= 4 is 17.4 Å². The average molecular weight is 393 g/mol. The van der Waals surface area contributed by atoms with Crippen molar-refractivity contribution in [2.24, 2.45) is 0 Å². The lowest BCUT2D eigenvalue weighted by Crippen LogP contribution is -2.37. The molecule has 0 N–H and O–H groups in total. The fourth-order valence-corrected chi connectivity index (χ4v) is 4.17. The van der Waals surface area contributed by atoms with Crippen LogP contribution in [0.4, 0.5) is 10.5 Å². The largest absolute Gasteiger partial charge is 0.450 e. The highest BCUT2D eigenvalue weighted by Gasteiger charge is 2.27. The van der Waals surface area contributed by atoms with Gasteiger partial charge in [0.1, 0.15) is 6.20 Å². The fourth-order valence-electron chi connectivity index (χ4n) is 4.17. The van der Waals surface area contributed by atoms with Gasteiger partial charge in [-0.1, -0.05) is 29.8 Å². The molecule has 0 unspecified atom stereocenters. The van der Waals surface area contributed by atoms with Gasteiger partial charge in [-0.3, -0.25) is 10.1 Å². The quantitative estimate of drug-likeness (QED) is 0.565. The Labute approximate surface area is 169 Å². The fraction of sp³-hybridized carbons (Fsp3) is 0.364. The number of ether oxygens (including phenoxy) is 1. The first-order chi connectivity index (χ1) is 14.1. The first kappa shape index (κ1) is 19.1. The zero-order valence-corrected chi connectivity index (χ0v) is 16.4. The van der Waals surface area contributed by atoms with E-state index in [0.29, 0.717) is 26.1 Å². The molecule has 0 spiro atoms. The van der Waals surface area contributed by atoms with Crippen molar-refractivity contribution in [2.45, 2.75) is 32.6 Å². The van der Waals surface area contributed by atoms with Crippen LogP contribution < -0.4 is 0 Å². The topological polar surface area (TPSA) is 85.6 Å². The Morgan fingerprint density at radius 1 is 1.17 bits per heavy atom. The number of hydrogen-bond acceptors (Lipinski definition) is 5. The number of rotatable bonds is 2. The first-order valence-electron chi connectivity index (χ1n) is 9.94. The summed E-state index contributed by atoms with van der Waals surface area (Å²) < 4.78 is 5.12. The third-order valence-corrected chi connectivity index (χ3v) is 5.60. The molecule has 1 aliphatic carbocycles. The smallest absolute Gasteiger partial charge is 0.409 e. The summed E-state index contributed by atoms with van der Waals surface area (Å²) >= 11 is 0. The Balaban J connectivity index is 1.77. The van der Waals surface area contributed by atoms with Gasteiger partial charge in [0, 0.05) is 24.7 Å². The minimum Gasteiger partial charge on any atom is -0.450 e. The summed E-state index contributed by atoms with van der Waals surface area (Å²) in [6, 6.07) is 9.92. The Morgan fingerprint density at radius 3 is 2.62 bits per heavy atom. The van der Waals surface area contributed by atoms with Gasteiger partial charge in [-0.25, -0.2) is 9.78 Å². The monoisotopic (exact) mass is 393 g/mol. The molecule has 0 bridgehead atoms. The lowest BCUT2D eigenvalue weighted by molar-refractivity contribution is -0.385. The summed E-state index contributed by atoms with van der Waals surface area (Å²) in [6.07, 6.45) is 4.08. The van der Waals surface area contributed by atoms with Crippen LogP contribution in [-0.2, 0) is 17.6 Å². The van der Waals surface area contributed by atoms with Crippen LogP contribution in [0.2, 0.25) is 0 Å². The van der Waals surface area contributed by atoms with Crippen LogP contribution in [0, 0.1) is 10.1 Å². The summed E-state index contributed by atoms with van der Waals surface area (Å²) in [6.45, 7) is 3.37. The molecular formula is C22H23N3O4. The van der Waals surface area contributed by atoms with Gasteiger partial charge < -0.3 is 9.64 Å². The maximum absolute atomic E-state index is 12.0. The molecule has 0 saturated carbocycles. The second kappa shape index (κ2) is 8.03. The number of aryl methyl sites for hydroxylation is 2. The Morgan fingerprint density at radius 2 is 1.90 bits per heavy atom. The molecule has 2 aliphatic rings. The zero-order valence-electron chi connectivity index (χ0n) is 16.4. The Bertz CT molecular complexity index is 989. The van der Waals surface area contributed by atoms with Gasteiger partial charge in [0.05, 0.1) is 17.2 Å².